The molecule has 6 heteroatoms. The maximum Gasteiger partial charge on any atom is 0.306 e. The average molecular weight is 944 g/mol. The van der Waals surface area contributed by atoms with Crippen molar-refractivity contribution in [2.24, 2.45) is 0 Å². The van der Waals surface area contributed by atoms with E-state index in [9.17, 15) is 14.4 Å². The van der Waals surface area contributed by atoms with Crippen molar-refractivity contribution < 1.29 is 28.6 Å². The van der Waals surface area contributed by atoms with E-state index in [1.54, 1.807) is 0 Å². The van der Waals surface area contributed by atoms with Crippen LogP contribution < -0.4 is 0 Å². The van der Waals surface area contributed by atoms with Crippen LogP contribution in [0.25, 0.3) is 0 Å². The molecule has 0 radical (unpaired) electrons. The normalized spacial score (nSPS) is 12.1. The fourth-order valence-corrected chi connectivity index (χ4v) is 8.93. The maximum absolute atomic E-state index is 12.9. The predicted octanol–water partition coefficient (Wildman–Crippen LogP) is 19.9. The third-order valence-electron chi connectivity index (χ3n) is 13.5. The Labute approximate surface area is 417 Å². The number of hydrogen-bond donors (Lipinski definition) is 0. The van der Waals surface area contributed by atoms with Crippen molar-refractivity contribution >= 4 is 17.9 Å². The van der Waals surface area contributed by atoms with Gasteiger partial charge in [0.15, 0.2) is 6.10 Å². The van der Waals surface area contributed by atoms with Gasteiger partial charge >= 0.3 is 17.9 Å². The van der Waals surface area contributed by atoms with Crippen LogP contribution in [0.3, 0.4) is 0 Å². The lowest BCUT2D eigenvalue weighted by atomic mass is 10.0. The molecule has 0 spiro atoms. The van der Waals surface area contributed by atoms with Crippen LogP contribution in [0.15, 0.2) is 24.3 Å². The molecule has 0 bridgehead atoms. The van der Waals surface area contributed by atoms with Crippen LogP contribution >= 0.6 is 0 Å². The summed E-state index contributed by atoms with van der Waals surface area (Å²) in [7, 11) is 0. The Morgan fingerprint density at radius 1 is 0.299 bits per heavy atom. The Hall–Kier alpha value is -2.11. The standard InChI is InChI=1S/C61H114O6/c1-4-7-10-13-16-19-22-25-28-30-31-32-34-36-39-42-45-48-51-54-60(63)66-57-58(56-65-59(62)53-50-47-44-41-38-35-27-24-21-18-15-12-9-6-3)67-61(64)55-52-49-46-43-40-37-33-29-26-23-20-17-14-11-8-5-2/h15,18,24,27,58H,4-14,16-17,19-23,25-26,28-57H2,1-3H3/b18-15+,27-24+/t58-/m1/s1. The van der Waals surface area contributed by atoms with Gasteiger partial charge in [-0.3, -0.25) is 14.4 Å². The van der Waals surface area contributed by atoms with E-state index in [1.807, 2.05) is 0 Å². The summed E-state index contributed by atoms with van der Waals surface area (Å²) in [5.41, 5.74) is 0. The molecule has 67 heavy (non-hydrogen) atoms. The molecule has 0 aliphatic rings. The molecule has 394 valence electrons. The number of carbonyl (C=O) groups is 3. The first-order valence-electron chi connectivity index (χ1n) is 29.8. The largest absolute Gasteiger partial charge is 0.462 e. The number of unbranched alkanes of at least 4 members (excludes halogenated alkanes) is 40. The van der Waals surface area contributed by atoms with E-state index >= 15 is 0 Å². The minimum Gasteiger partial charge on any atom is -0.462 e. The highest BCUT2D eigenvalue weighted by molar-refractivity contribution is 5.71. The summed E-state index contributed by atoms with van der Waals surface area (Å²) in [4.78, 5) is 38.2. The van der Waals surface area contributed by atoms with Crippen LogP contribution in [0.2, 0.25) is 0 Å². The number of ether oxygens (including phenoxy) is 3. The summed E-state index contributed by atoms with van der Waals surface area (Å²) >= 11 is 0. The second-order valence-corrected chi connectivity index (χ2v) is 20.3. The van der Waals surface area contributed by atoms with Crippen molar-refractivity contribution in [1.82, 2.24) is 0 Å². The molecule has 1 atom stereocenters. The molecule has 0 saturated heterocycles. The Bertz CT molecular complexity index is 1080. The van der Waals surface area contributed by atoms with Crippen LogP contribution in [0.4, 0.5) is 0 Å². The van der Waals surface area contributed by atoms with Gasteiger partial charge in [-0.05, 0) is 44.9 Å². The van der Waals surface area contributed by atoms with Gasteiger partial charge in [-0.15, -0.1) is 0 Å². The summed E-state index contributed by atoms with van der Waals surface area (Å²) in [5, 5.41) is 0. The Balaban J connectivity index is 4.31. The summed E-state index contributed by atoms with van der Waals surface area (Å²) in [6.45, 7) is 6.65. The van der Waals surface area contributed by atoms with Crippen LogP contribution in [-0.4, -0.2) is 37.2 Å². The number of rotatable bonds is 55. The van der Waals surface area contributed by atoms with Gasteiger partial charge in [0.25, 0.3) is 0 Å². The van der Waals surface area contributed by atoms with Crippen molar-refractivity contribution in [2.45, 2.75) is 335 Å². The molecular formula is C61H114O6. The lowest BCUT2D eigenvalue weighted by Gasteiger charge is -2.18. The van der Waals surface area contributed by atoms with E-state index in [2.05, 4.69) is 45.1 Å². The zero-order valence-electron chi connectivity index (χ0n) is 45.2. The zero-order valence-corrected chi connectivity index (χ0v) is 45.2. The van der Waals surface area contributed by atoms with Gasteiger partial charge in [0, 0.05) is 19.3 Å². The molecule has 0 amide bonds. The molecule has 0 N–H and O–H groups in total. The van der Waals surface area contributed by atoms with Crippen molar-refractivity contribution in [3.05, 3.63) is 24.3 Å². The SMILES string of the molecule is CCCC/C=C/C/C=C/CCCCCCCC(=O)OC[C@H](COC(=O)CCCCCCCCCCCCCCCCCCCCC)OC(=O)CCCCCCCCCCCCCCCCCC. The lowest BCUT2D eigenvalue weighted by Crippen LogP contribution is -2.30. The first kappa shape index (κ1) is 64.9. The van der Waals surface area contributed by atoms with Gasteiger partial charge in [0.05, 0.1) is 0 Å². The van der Waals surface area contributed by atoms with E-state index in [4.69, 9.17) is 14.2 Å². The van der Waals surface area contributed by atoms with Gasteiger partial charge in [0.2, 0.25) is 0 Å². The Morgan fingerprint density at radius 2 is 0.552 bits per heavy atom. The molecule has 0 heterocycles. The van der Waals surface area contributed by atoms with Crippen LogP contribution in [0.5, 0.6) is 0 Å². The fraction of sp³-hybridized carbons (Fsp3) is 0.885. The fourth-order valence-electron chi connectivity index (χ4n) is 8.93. The second-order valence-electron chi connectivity index (χ2n) is 20.3. The van der Waals surface area contributed by atoms with E-state index in [1.165, 1.54) is 212 Å². The van der Waals surface area contributed by atoms with Crippen molar-refractivity contribution in [2.75, 3.05) is 13.2 Å². The molecule has 0 unspecified atom stereocenters. The van der Waals surface area contributed by atoms with Crippen LogP contribution in [0, 0.1) is 0 Å². The maximum atomic E-state index is 12.9. The minimum absolute atomic E-state index is 0.0699. The Kier molecular flexibility index (Phi) is 54.7. The van der Waals surface area contributed by atoms with Gasteiger partial charge in [-0.25, -0.2) is 0 Å². The minimum atomic E-state index is -0.772. The molecule has 0 aliphatic heterocycles. The third-order valence-corrected chi connectivity index (χ3v) is 13.5. The summed E-state index contributed by atoms with van der Waals surface area (Å²) in [5.74, 6) is -0.861. The van der Waals surface area contributed by atoms with E-state index in [0.717, 1.165) is 77.0 Å². The van der Waals surface area contributed by atoms with Gasteiger partial charge < -0.3 is 14.2 Å². The number of allylic oxidation sites excluding steroid dienone is 4. The van der Waals surface area contributed by atoms with Crippen molar-refractivity contribution in [3.8, 4) is 0 Å². The molecule has 0 aromatic rings. The van der Waals surface area contributed by atoms with Crippen molar-refractivity contribution in [3.63, 3.8) is 0 Å². The molecule has 6 nitrogen and oxygen atoms in total. The summed E-state index contributed by atoms with van der Waals surface area (Å²) < 4.78 is 16.9. The molecule has 0 aromatic heterocycles. The smallest absolute Gasteiger partial charge is 0.306 e. The van der Waals surface area contributed by atoms with E-state index in [0.29, 0.717) is 19.3 Å². The third kappa shape index (κ3) is 54.7. The zero-order chi connectivity index (χ0) is 48.6. The predicted molar refractivity (Wildman–Crippen MR) is 289 cm³/mol. The van der Waals surface area contributed by atoms with Gasteiger partial charge in [-0.1, -0.05) is 289 Å². The van der Waals surface area contributed by atoms with Gasteiger partial charge in [0.1, 0.15) is 13.2 Å². The van der Waals surface area contributed by atoms with Crippen molar-refractivity contribution in [1.29, 1.82) is 0 Å². The molecule has 0 fully saturated rings. The second kappa shape index (κ2) is 56.5. The highest BCUT2D eigenvalue weighted by atomic mass is 16.6. The van der Waals surface area contributed by atoms with Crippen LogP contribution in [0.1, 0.15) is 329 Å². The van der Waals surface area contributed by atoms with E-state index in [-0.39, 0.29) is 31.1 Å². The first-order chi connectivity index (χ1) is 33.0. The highest BCUT2D eigenvalue weighted by Gasteiger charge is 2.19. The van der Waals surface area contributed by atoms with Gasteiger partial charge in [-0.2, -0.15) is 0 Å². The Morgan fingerprint density at radius 3 is 0.866 bits per heavy atom. The quantitative estimate of drug-likeness (QED) is 0.0262. The monoisotopic (exact) mass is 943 g/mol. The number of hydrogen-bond acceptors (Lipinski definition) is 6. The summed E-state index contributed by atoms with van der Waals surface area (Å²) in [6.07, 6.45) is 66.0. The number of esters is 3. The average Bonchev–Trinajstić information content (AvgIpc) is 3.33. The topological polar surface area (TPSA) is 78.9 Å². The molecule has 0 aliphatic carbocycles. The summed E-state index contributed by atoms with van der Waals surface area (Å²) in [6, 6.07) is 0. The lowest BCUT2D eigenvalue weighted by molar-refractivity contribution is -0.167. The highest BCUT2D eigenvalue weighted by Crippen LogP contribution is 2.17. The molecular weight excluding hydrogens is 829 g/mol. The number of carbonyl (C=O) groups excluding carboxylic acids is 3. The van der Waals surface area contributed by atoms with E-state index < -0.39 is 6.10 Å². The molecule has 0 rings (SSSR count). The molecule has 0 saturated carbocycles. The first-order valence-corrected chi connectivity index (χ1v) is 29.8. The van der Waals surface area contributed by atoms with Crippen LogP contribution in [-0.2, 0) is 28.6 Å². The molecule has 0 aromatic carbocycles.